The Morgan fingerprint density at radius 2 is 2.11 bits per heavy atom. The summed E-state index contributed by atoms with van der Waals surface area (Å²) < 4.78 is 5.88. The monoisotopic (exact) mass is 247 g/mol. The van der Waals surface area contributed by atoms with Gasteiger partial charge in [-0.25, -0.2) is 0 Å². The van der Waals surface area contributed by atoms with Gasteiger partial charge >= 0.3 is 0 Å². The molecule has 0 spiro atoms. The van der Waals surface area contributed by atoms with E-state index in [9.17, 15) is 0 Å². The zero-order chi connectivity index (χ0) is 13.0. The number of rotatable bonds is 5. The third kappa shape index (κ3) is 3.26. The summed E-state index contributed by atoms with van der Waals surface area (Å²) in [6.45, 7) is 8.63. The van der Waals surface area contributed by atoms with Crippen LogP contribution in [0, 0.1) is 0 Å². The Balaban J connectivity index is 2.03. The van der Waals surface area contributed by atoms with E-state index in [2.05, 4.69) is 44.3 Å². The fourth-order valence-electron chi connectivity index (χ4n) is 2.55. The highest BCUT2D eigenvalue weighted by Crippen LogP contribution is 2.34. The molecule has 0 saturated heterocycles. The maximum atomic E-state index is 5.88. The van der Waals surface area contributed by atoms with E-state index >= 15 is 0 Å². The van der Waals surface area contributed by atoms with Gasteiger partial charge in [-0.1, -0.05) is 39.0 Å². The van der Waals surface area contributed by atoms with Gasteiger partial charge in [-0.15, -0.1) is 0 Å². The number of hydrogen-bond acceptors (Lipinski definition) is 2. The molecule has 0 fully saturated rings. The summed E-state index contributed by atoms with van der Waals surface area (Å²) in [4.78, 5) is 0. The summed E-state index contributed by atoms with van der Waals surface area (Å²) in [5, 5.41) is 3.49. The average Bonchev–Trinajstić information content (AvgIpc) is 2.37. The topological polar surface area (TPSA) is 21.3 Å². The minimum Gasteiger partial charge on any atom is -0.493 e. The molecule has 2 rings (SSSR count). The van der Waals surface area contributed by atoms with Crippen molar-refractivity contribution < 1.29 is 4.74 Å². The van der Waals surface area contributed by atoms with E-state index in [1.807, 2.05) is 0 Å². The molecule has 1 aliphatic heterocycles. The Hall–Kier alpha value is -1.02. The second-order valence-electron chi connectivity index (χ2n) is 5.59. The van der Waals surface area contributed by atoms with Crippen molar-refractivity contribution in [2.75, 3.05) is 13.2 Å². The molecular formula is C16H25NO. The van der Waals surface area contributed by atoms with Crippen LogP contribution in [-0.2, 0) is 6.42 Å². The van der Waals surface area contributed by atoms with Gasteiger partial charge in [-0.05, 0) is 42.9 Å². The molecule has 0 saturated carbocycles. The van der Waals surface area contributed by atoms with Crippen LogP contribution in [0.5, 0.6) is 5.75 Å². The molecule has 0 aromatic heterocycles. The van der Waals surface area contributed by atoms with Crippen LogP contribution in [0.3, 0.4) is 0 Å². The van der Waals surface area contributed by atoms with Gasteiger partial charge in [0.25, 0.3) is 0 Å². The summed E-state index contributed by atoms with van der Waals surface area (Å²) in [6, 6.07) is 7.18. The van der Waals surface area contributed by atoms with Crippen molar-refractivity contribution in [2.45, 2.75) is 52.0 Å². The molecule has 100 valence electrons. The van der Waals surface area contributed by atoms with Crippen LogP contribution in [0.2, 0.25) is 0 Å². The van der Waals surface area contributed by atoms with Gasteiger partial charge in [-0.2, -0.15) is 0 Å². The van der Waals surface area contributed by atoms with E-state index in [4.69, 9.17) is 4.74 Å². The second kappa shape index (κ2) is 6.24. The standard InChI is InChI=1S/C16H25NO/c1-12(2)17-10-9-13(3)15-8-4-6-14-7-5-11-18-16(14)15/h4,6,8,12-13,17H,5,7,9-11H2,1-3H3. The van der Waals surface area contributed by atoms with Gasteiger partial charge in [0.15, 0.2) is 0 Å². The lowest BCUT2D eigenvalue weighted by Crippen LogP contribution is -2.24. The molecule has 1 heterocycles. The molecule has 0 aliphatic carbocycles. The van der Waals surface area contributed by atoms with Crippen molar-refractivity contribution in [2.24, 2.45) is 0 Å². The maximum Gasteiger partial charge on any atom is 0.125 e. The molecule has 1 aliphatic rings. The molecule has 18 heavy (non-hydrogen) atoms. The molecular weight excluding hydrogens is 222 g/mol. The molecule has 0 radical (unpaired) electrons. The molecule has 1 aromatic carbocycles. The van der Waals surface area contributed by atoms with E-state index < -0.39 is 0 Å². The first-order valence-corrected chi connectivity index (χ1v) is 7.16. The maximum absolute atomic E-state index is 5.88. The lowest BCUT2D eigenvalue weighted by atomic mass is 9.92. The first-order valence-electron chi connectivity index (χ1n) is 7.16. The lowest BCUT2D eigenvalue weighted by molar-refractivity contribution is 0.283. The van der Waals surface area contributed by atoms with Gasteiger partial charge in [0.1, 0.15) is 5.75 Å². The Kier molecular flexibility index (Phi) is 4.65. The van der Waals surface area contributed by atoms with Crippen LogP contribution in [0.25, 0.3) is 0 Å². The Morgan fingerprint density at radius 1 is 1.28 bits per heavy atom. The number of para-hydroxylation sites is 1. The Bertz CT molecular complexity index is 387. The highest BCUT2D eigenvalue weighted by molar-refractivity contribution is 5.44. The van der Waals surface area contributed by atoms with Gasteiger partial charge in [0.2, 0.25) is 0 Å². The van der Waals surface area contributed by atoms with Crippen LogP contribution in [0.1, 0.15) is 50.7 Å². The zero-order valence-corrected chi connectivity index (χ0v) is 11.8. The van der Waals surface area contributed by atoms with Gasteiger partial charge in [0.05, 0.1) is 6.61 Å². The normalized spacial score (nSPS) is 16.2. The van der Waals surface area contributed by atoms with Crippen LogP contribution in [-0.4, -0.2) is 19.2 Å². The Labute approximate surface area is 111 Å². The molecule has 1 unspecified atom stereocenters. The van der Waals surface area contributed by atoms with E-state index in [1.54, 1.807) is 0 Å². The summed E-state index contributed by atoms with van der Waals surface area (Å²) in [7, 11) is 0. The molecule has 1 N–H and O–H groups in total. The molecule has 1 aromatic rings. The van der Waals surface area contributed by atoms with Crippen LogP contribution < -0.4 is 10.1 Å². The first kappa shape index (κ1) is 13.4. The van der Waals surface area contributed by atoms with Crippen molar-refractivity contribution in [3.8, 4) is 5.75 Å². The SMILES string of the molecule is CC(C)NCCC(C)c1cccc2c1OCCC2. The minimum absolute atomic E-state index is 0.560. The number of ether oxygens (including phenoxy) is 1. The third-order valence-corrected chi connectivity index (χ3v) is 3.62. The smallest absolute Gasteiger partial charge is 0.125 e. The zero-order valence-electron chi connectivity index (χ0n) is 11.8. The molecule has 1 atom stereocenters. The largest absolute Gasteiger partial charge is 0.493 e. The van der Waals surface area contributed by atoms with Crippen molar-refractivity contribution >= 4 is 0 Å². The summed E-state index contributed by atoms with van der Waals surface area (Å²) in [5.74, 6) is 1.73. The van der Waals surface area contributed by atoms with Crippen molar-refractivity contribution in [1.29, 1.82) is 0 Å². The van der Waals surface area contributed by atoms with Gasteiger partial charge in [-0.3, -0.25) is 0 Å². The average molecular weight is 247 g/mol. The highest BCUT2D eigenvalue weighted by Gasteiger charge is 2.17. The number of benzene rings is 1. The Morgan fingerprint density at radius 3 is 2.89 bits per heavy atom. The molecule has 0 bridgehead atoms. The van der Waals surface area contributed by atoms with Crippen molar-refractivity contribution in [3.63, 3.8) is 0 Å². The van der Waals surface area contributed by atoms with Crippen LogP contribution in [0.15, 0.2) is 18.2 Å². The number of nitrogens with one attached hydrogen (secondary N) is 1. The van der Waals surface area contributed by atoms with Crippen molar-refractivity contribution in [1.82, 2.24) is 5.32 Å². The lowest BCUT2D eigenvalue weighted by Gasteiger charge is -2.23. The van der Waals surface area contributed by atoms with Gasteiger partial charge < -0.3 is 10.1 Å². The predicted molar refractivity (Wildman–Crippen MR) is 76.4 cm³/mol. The van der Waals surface area contributed by atoms with E-state index in [1.165, 1.54) is 23.3 Å². The minimum atomic E-state index is 0.560. The first-order chi connectivity index (χ1) is 8.68. The van der Waals surface area contributed by atoms with Crippen LogP contribution in [0.4, 0.5) is 0 Å². The predicted octanol–water partition coefficient (Wildman–Crippen LogP) is 3.50. The number of fused-ring (bicyclic) bond motifs is 1. The van der Waals surface area contributed by atoms with Crippen molar-refractivity contribution in [3.05, 3.63) is 29.3 Å². The van der Waals surface area contributed by atoms with E-state index in [0.29, 0.717) is 12.0 Å². The highest BCUT2D eigenvalue weighted by atomic mass is 16.5. The van der Waals surface area contributed by atoms with E-state index in [0.717, 1.165) is 26.0 Å². The molecule has 2 nitrogen and oxygen atoms in total. The third-order valence-electron chi connectivity index (χ3n) is 3.62. The molecule has 2 heteroatoms. The quantitative estimate of drug-likeness (QED) is 0.860. The molecule has 0 amide bonds. The fraction of sp³-hybridized carbons (Fsp3) is 0.625. The number of hydrogen-bond donors (Lipinski definition) is 1. The van der Waals surface area contributed by atoms with E-state index in [-0.39, 0.29) is 0 Å². The second-order valence-corrected chi connectivity index (χ2v) is 5.59. The number of aryl methyl sites for hydroxylation is 1. The summed E-state index contributed by atoms with van der Waals surface area (Å²) in [6.07, 6.45) is 3.48. The summed E-state index contributed by atoms with van der Waals surface area (Å²) in [5.41, 5.74) is 2.78. The fourth-order valence-corrected chi connectivity index (χ4v) is 2.55. The van der Waals surface area contributed by atoms with Crippen LogP contribution >= 0.6 is 0 Å². The summed E-state index contributed by atoms with van der Waals surface area (Å²) >= 11 is 0. The van der Waals surface area contributed by atoms with Gasteiger partial charge in [0, 0.05) is 6.04 Å².